The summed E-state index contributed by atoms with van der Waals surface area (Å²) in [5, 5.41) is 8.34. The molecular weight excluding hydrogens is 448 g/mol. The second kappa shape index (κ2) is 9.49. The Labute approximate surface area is 190 Å². The van der Waals surface area contributed by atoms with Crippen LogP contribution in [0.5, 0.6) is 0 Å². The van der Waals surface area contributed by atoms with Gasteiger partial charge in [-0.3, -0.25) is 5.43 Å². The molecular formula is C26H21BrN4. The lowest BCUT2D eigenvalue weighted by atomic mass is 9.77. The molecule has 0 aliphatic heterocycles. The van der Waals surface area contributed by atoms with Crippen LogP contribution in [0.15, 0.2) is 130 Å². The van der Waals surface area contributed by atoms with E-state index >= 15 is 0 Å². The Hall–Kier alpha value is -3.57. The minimum Gasteiger partial charge on any atom is -0.288 e. The molecule has 0 spiro atoms. The zero-order valence-electron chi connectivity index (χ0n) is 16.7. The van der Waals surface area contributed by atoms with Crippen LogP contribution in [-0.4, -0.2) is 5.84 Å². The van der Waals surface area contributed by atoms with Gasteiger partial charge in [-0.25, -0.2) is 5.53 Å². The molecule has 0 aliphatic carbocycles. The molecule has 0 unspecified atom stereocenters. The lowest BCUT2D eigenvalue weighted by Crippen LogP contribution is -2.42. The van der Waals surface area contributed by atoms with E-state index in [4.69, 9.17) is 5.53 Å². The van der Waals surface area contributed by atoms with Crippen LogP contribution < -0.4 is 5.43 Å². The Morgan fingerprint density at radius 3 is 1.45 bits per heavy atom. The highest BCUT2D eigenvalue weighted by Gasteiger charge is 2.36. The van der Waals surface area contributed by atoms with Gasteiger partial charge < -0.3 is 0 Å². The molecule has 4 aromatic rings. The van der Waals surface area contributed by atoms with E-state index in [0.29, 0.717) is 5.84 Å². The minimum atomic E-state index is -0.755. The summed E-state index contributed by atoms with van der Waals surface area (Å²) in [6.07, 6.45) is 0. The Kier molecular flexibility index (Phi) is 6.34. The molecule has 0 atom stereocenters. The molecule has 4 aromatic carbocycles. The number of amidine groups is 1. The lowest BCUT2D eigenvalue weighted by molar-refractivity contribution is 0.491. The van der Waals surface area contributed by atoms with E-state index in [0.717, 1.165) is 26.7 Å². The summed E-state index contributed by atoms with van der Waals surface area (Å²) < 4.78 is 0.959. The number of rotatable bonds is 6. The van der Waals surface area contributed by atoms with Crippen LogP contribution in [0.25, 0.3) is 0 Å². The molecule has 0 amide bonds. The predicted octanol–water partition coefficient (Wildman–Crippen LogP) is 6.72. The van der Waals surface area contributed by atoms with Gasteiger partial charge in [-0.1, -0.05) is 107 Å². The fourth-order valence-corrected chi connectivity index (χ4v) is 3.91. The molecule has 0 bridgehead atoms. The van der Waals surface area contributed by atoms with Crippen molar-refractivity contribution in [3.8, 4) is 0 Å². The van der Waals surface area contributed by atoms with E-state index in [9.17, 15) is 0 Å². The van der Waals surface area contributed by atoms with Gasteiger partial charge in [-0.15, -0.1) is 5.11 Å². The number of hydrogen-bond acceptors (Lipinski definition) is 3. The van der Waals surface area contributed by atoms with Gasteiger partial charge in [0, 0.05) is 10.0 Å². The Morgan fingerprint density at radius 2 is 1.06 bits per heavy atom. The van der Waals surface area contributed by atoms with Gasteiger partial charge in [0.2, 0.25) is 0 Å². The fraction of sp³-hybridized carbons (Fsp3) is 0.0385. The smallest absolute Gasteiger partial charge is 0.200 e. The highest BCUT2D eigenvalue weighted by molar-refractivity contribution is 9.10. The summed E-state index contributed by atoms with van der Waals surface area (Å²) in [7, 11) is 0. The number of hydrazone groups is 1. The topological polar surface area (TPSA) is 60.6 Å². The second-order valence-electron chi connectivity index (χ2n) is 7.01. The van der Waals surface area contributed by atoms with Gasteiger partial charge >= 0.3 is 0 Å². The summed E-state index contributed by atoms with van der Waals surface area (Å²) in [6, 6.07) is 38.2. The Morgan fingerprint density at radius 1 is 0.645 bits per heavy atom. The quantitative estimate of drug-likeness (QED) is 0.106. The molecule has 152 valence electrons. The van der Waals surface area contributed by atoms with Gasteiger partial charge in [0.05, 0.1) is 0 Å². The van der Waals surface area contributed by atoms with Crippen molar-refractivity contribution in [1.29, 1.82) is 5.53 Å². The number of nitrogens with zero attached hydrogens (tertiary/aromatic N) is 2. The van der Waals surface area contributed by atoms with Gasteiger partial charge in [0.25, 0.3) is 0 Å². The highest BCUT2D eigenvalue weighted by Crippen LogP contribution is 2.36. The maximum absolute atomic E-state index is 7.72. The van der Waals surface area contributed by atoms with E-state index < -0.39 is 5.54 Å². The SMILES string of the molecule is N=N/C(=N\NC(c1ccccc1)(c1ccccc1)c1ccccc1)c1ccc(Br)cc1. The molecule has 0 aromatic heterocycles. The van der Waals surface area contributed by atoms with Crippen molar-refractivity contribution in [2.24, 2.45) is 10.2 Å². The van der Waals surface area contributed by atoms with Crippen molar-refractivity contribution < 1.29 is 0 Å². The van der Waals surface area contributed by atoms with E-state index in [1.807, 2.05) is 78.9 Å². The van der Waals surface area contributed by atoms with E-state index in [1.165, 1.54) is 0 Å². The zero-order chi connectivity index (χ0) is 21.5. The largest absolute Gasteiger partial charge is 0.288 e. The van der Waals surface area contributed by atoms with Crippen LogP contribution in [0.1, 0.15) is 22.3 Å². The molecule has 31 heavy (non-hydrogen) atoms. The Bertz CT molecular complexity index is 1060. The molecule has 0 saturated carbocycles. The molecule has 0 heterocycles. The van der Waals surface area contributed by atoms with Crippen molar-refractivity contribution in [3.63, 3.8) is 0 Å². The van der Waals surface area contributed by atoms with Crippen molar-refractivity contribution in [3.05, 3.63) is 142 Å². The standard InChI is InChI=1S/C26H21BrN4/c27-24-18-16-20(17-19-24)25(29-28)30-31-26(21-10-4-1-5-11-21,22-12-6-2-7-13-22)23-14-8-3-9-15-23/h1-19,28,31H/b29-28?,30-25-. The highest BCUT2D eigenvalue weighted by atomic mass is 79.9. The van der Waals surface area contributed by atoms with Crippen molar-refractivity contribution in [1.82, 2.24) is 5.43 Å². The number of hydrogen-bond donors (Lipinski definition) is 2. The van der Waals surface area contributed by atoms with Gasteiger partial charge in [-0.2, -0.15) is 5.10 Å². The van der Waals surface area contributed by atoms with Crippen LogP contribution in [-0.2, 0) is 5.54 Å². The fourth-order valence-electron chi connectivity index (χ4n) is 3.65. The first kappa shape index (κ1) is 20.7. The molecule has 4 rings (SSSR count). The first-order chi connectivity index (χ1) is 15.2. The number of nitrogens with one attached hydrogen (secondary N) is 2. The molecule has 0 aliphatic rings. The van der Waals surface area contributed by atoms with Crippen LogP contribution in [0.3, 0.4) is 0 Å². The third-order valence-corrected chi connectivity index (χ3v) is 5.69. The average molecular weight is 469 g/mol. The first-order valence-electron chi connectivity index (χ1n) is 9.89. The molecule has 2 N–H and O–H groups in total. The molecule has 0 radical (unpaired) electrons. The second-order valence-corrected chi connectivity index (χ2v) is 7.93. The first-order valence-corrected chi connectivity index (χ1v) is 10.7. The van der Waals surface area contributed by atoms with Crippen LogP contribution in [0.2, 0.25) is 0 Å². The maximum atomic E-state index is 7.72. The van der Waals surface area contributed by atoms with Crippen LogP contribution in [0, 0.1) is 5.53 Å². The zero-order valence-corrected chi connectivity index (χ0v) is 18.3. The van der Waals surface area contributed by atoms with Crippen molar-refractivity contribution in [2.45, 2.75) is 5.54 Å². The van der Waals surface area contributed by atoms with Crippen LogP contribution >= 0.6 is 15.9 Å². The summed E-state index contributed by atoms with van der Waals surface area (Å²) in [5.74, 6) is 0.305. The predicted molar refractivity (Wildman–Crippen MR) is 128 cm³/mol. The van der Waals surface area contributed by atoms with E-state index in [1.54, 1.807) is 0 Å². The van der Waals surface area contributed by atoms with Crippen LogP contribution in [0.4, 0.5) is 0 Å². The third-order valence-electron chi connectivity index (χ3n) is 5.16. The number of halogens is 1. The van der Waals surface area contributed by atoms with Crippen molar-refractivity contribution in [2.75, 3.05) is 0 Å². The lowest BCUT2D eigenvalue weighted by Gasteiger charge is -2.35. The molecule has 4 nitrogen and oxygen atoms in total. The summed E-state index contributed by atoms with van der Waals surface area (Å²) in [4.78, 5) is 0. The molecule has 5 heteroatoms. The summed E-state index contributed by atoms with van der Waals surface area (Å²) in [6.45, 7) is 0. The minimum absolute atomic E-state index is 0.305. The van der Waals surface area contributed by atoms with E-state index in [-0.39, 0.29) is 0 Å². The van der Waals surface area contributed by atoms with Crippen molar-refractivity contribution >= 4 is 21.8 Å². The average Bonchev–Trinajstić information content (AvgIpc) is 2.85. The van der Waals surface area contributed by atoms with Gasteiger partial charge in [-0.05, 0) is 41.0 Å². The maximum Gasteiger partial charge on any atom is 0.200 e. The normalized spacial score (nSPS) is 11.7. The number of benzene rings is 4. The summed E-state index contributed by atoms with van der Waals surface area (Å²) >= 11 is 3.45. The van der Waals surface area contributed by atoms with E-state index in [2.05, 4.69) is 68.0 Å². The third kappa shape index (κ3) is 4.32. The van der Waals surface area contributed by atoms with Gasteiger partial charge in [0.1, 0.15) is 5.54 Å². The molecule has 0 fully saturated rings. The van der Waals surface area contributed by atoms with Gasteiger partial charge in [0.15, 0.2) is 5.84 Å². The summed E-state index contributed by atoms with van der Waals surface area (Å²) in [5.41, 5.74) is 14.2. The Balaban J connectivity index is 1.91. The monoisotopic (exact) mass is 468 g/mol. The molecule has 0 saturated heterocycles.